The summed E-state index contributed by atoms with van der Waals surface area (Å²) in [6, 6.07) is 0. The molecule has 8 nitrogen and oxygen atoms in total. The van der Waals surface area contributed by atoms with E-state index < -0.39 is 11.6 Å². The molecule has 0 spiro atoms. The molecule has 0 aromatic rings. The number of hydrogen-bond donors (Lipinski definition) is 1. The van der Waals surface area contributed by atoms with Crippen LogP contribution in [0.2, 0.25) is 0 Å². The number of likely N-dealkylation sites (tertiary alicyclic amines) is 1. The number of ether oxygens (including phenoxy) is 1. The maximum absolute atomic E-state index is 12.0. The lowest BCUT2D eigenvalue weighted by molar-refractivity contribution is -0.480. The number of aliphatic carboxylic acids is 1. The molecule has 0 bridgehead atoms. The summed E-state index contributed by atoms with van der Waals surface area (Å²) in [6.45, 7) is 8.27. The number of carbonyl (C=O) groups excluding carboxylic acids is 1. The summed E-state index contributed by atoms with van der Waals surface area (Å²) in [4.78, 5) is 24.6. The van der Waals surface area contributed by atoms with E-state index in [4.69, 9.17) is 9.84 Å². The topological polar surface area (TPSA) is 94.6 Å². The van der Waals surface area contributed by atoms with Crippen molar-refractivity contribution in [2.45, 2.75) is 39.7 Å². The largest absolute Gasteiger partial charge is 0.475 e. The van der Waals surface area contributed by atoms with Gasteiger partial charge in [0, 0.05) is 25.9 Å². The zero-order chi connectivity index (χ0) is 16.5. The first-order valence-corrected chi connectivity index (χ1v) is 7.15. The molecule has 1 atom stereocenters. The van der Waals surface area contributed by atoms with E-state index in [2.05, 4.69) is 10.3 Å². The van der Waals surface area contributed by atoms with Gasteiger partial charge < -0.3 is 14.7 Å². The highest BCUT2D eigenvalue weighted by Crippen LogP contribution is 2.21. The first kappa shape index (κ1) is 16.1. The van der Waals surface area contributed by atoms with Crippen LogP contribution in [0.1, 0.15) is 34.1 Å². The molecule has 1 fully saturated rings. The van der Waals surface area contributed by atoms with Gasteiger partial charge in [-0.25, -0.2) is 9.59 Å². The average Bonchev–Trinajstić information content (AvgIpc) is 2.96. The molecule has 8 heteroatoms. The van der Waals surface area contributed by atoms with E-state index in [-0.39, 0.29) is 17.7 Å². The second kappa shape index (κ2) is 5.86. The van der Waals surface area contributed by atoms with E-state index in [0.717, 1.165) is 6.42 Å². The van der Waals surface area contributed by atoms with E-state index in [0.29, 0.717) is 18.8 Å². The number of carboxylic acids is 1. The zero-order valence-electron chi connectivity index (χ0n) is 13.2. The summed E-state index contributed by atoms with van der Waals surface area (Å²) in [5, 5.41) is 16.4. The van der Waals surface area contributed by atoms with E-state index in [1.54, 1.807) is 18.0 Å². The molecule has 2 heterocycles. The van der Waals surface area contributed by atoms with Crippen LogP contribution < -0.4 is 0 Å². The Bertz CT molecular complexity index is 586. The molecule has 0 aromatic heterocycles. The fraction of sp³-hybridized carbons (Fsp3) is 0.643. The molecule has 0 radical (unpaired) electrons. The van der Waals surface area contributed by atoms with Crippen molar-refractivity contribution in [1.82, 2.24) is 4.90 Å². The molecule has 22 heavy (non-hydrogen) atoms. The van der Waals surface area contributed by atoms with Gasteiger partial charge in [0.25, 0.3) is 0 Å². The van der Waals surface area contributed by atoms with Gasteiger partial charge in [0.05, 0.1) is 5.11 Å². The summed E-state index contributed by atoms with van der Waals surface area (Å²) in [5.74, 6) is -1.01. The normalized spacial score (nSPS) is 23.5. The third kappa shape index (κ3) is 3.69. The molecule has 2 aliphatic heterocycles. The molecular weight excluding hydrogens is 288 g/mol. The second-order valence-corrected chi connectivity index (χ2v) is 6.40. The van der Waals surface area contributed by atoms with Crippen molar-refractivity contribution in [2.24, 2.45) is 16.3 Å². The molecular formula is C14H21N4O4+. The number of carbonyl (C=O) groups is 2. The highest BCUT2D eigenvalue weighted by Gasteiger charge is 2.33. The Balaban J connectivity index is 2.00. The van der Waals surface area contributed by atoms with Crippen LogP contribution in [-0.2, 0) is 9.53 Å². The molecule has 1 N–H and O–H groups in total. The van der Waals surface area contributed by atoms with E-state index in [1.807, 2.05) is 20.8 Å². The minimum atomic E-state index is -1.10. The Hall–Kier alpha value is -2.25. The number of carboxylic acid groups (broad SMARTS) is 1. The minimum Gasteiger partial charge on any atom is -0.475 e. The van der Waals surface area contributed by atoms with Crippen LogP contribution in [0.15, 0.2) is 21.7 Å². The van der Waals surface area contributed by atoms with Gasteiger partial charge in [0.2, 0.25) is 0 Å². The van der Waals surface area contributed by atoms with Gasteiger partial charge in [0.1, 0.15) is 17.0 Å². The van der Waals surface area contributed by atoms with Crippen molar-refractivity contribution in [3.8, 4) is 0 Å². The molecule has 1 unspecified atom stereocenters. The lowest BCUT2D eigenvalue weighted by atomic mass is 10.1. The summed E-state index contributed by atoms with van der Waals surface area (Å²) < 4.78 is 6.81. The minimum absolute atomic E-state index is 0.0572. The highest BCUT2D eigenvalue weighted by molar-refractivity contribution is 5.86. The Morgan fingerprint density at radius 3 is 2.68 bits per heavy atom. The van der Waals surface area contributed by atoms with Crippen molar-refractivity contribution < 1.29 is 24.1 Å². The molecule has 0 aliphatic carbocycles. The zero-order valence-corrected chi connectivity index (χ0v) is 13.2. The van der Waals surface area contributed by atoms with Crippen LogP contribution >= 0.6 is 0 Å². The predicted octanol–water partition coefficient (Wildman–Crippen LogP) is 2.02. The Morgan fingerprint density at radius 2 is 2.14 bits per heavy atom. The Kier molecular flexibility index (Phi) is 4.30. The Labute approximate surface area is 128 Å². The monoisotopic (exact) mass is 309 g/mol. The molecule has 0 saturated carbocycles. The SMILES string of the molecule is CC1=C(C(=O)O)N=N/[N+]1=C/C1CCN(C(=O)OC(C)(C)C)C1. The molecule has 2 rings (SSSR count). The maximum Gasteiger partial charge on any atom is 0.410 e. The van der Waals surface area contributed by atoms with Crippen LogP contribution in [0, 0.1) is 5.92 Å². The van der Waals surface area contributed by atoms with Crippen molar-refractivity contribution in [3.63, 3.8) is 0 Å². The van der Waals surface area contributed by atoms with Crippen molar-refractivity contribution in [2.75, 3.05) is 13.1 Å². The molecule has 2 aliphatic rings. The lowest BCUT2D eigenvalue weighted by Crippen LogP contribution is -2.35. The molecule has 0 aromatic carbocycles. The predicted molar refractivity (Wildman–Crippen MR) is 77.4 cm³/mol. The lowest BCUT2D eigenvalue weighted by Gasteiger charge is -2.24. The molecule has 1 amide bonds. The Morgan fingerprint density at radius 1 is 1.45 bits per heavy atom. The first-order chi connectivity index (χ1) is 10.2. The van der Waals surface area contributed by atoms with Gasteiger partial charge in [0.15, 0.2) is 5.70 Å². The van der Waals surface area contributed by atoms with Crippen molar-refractivity contribution in [3.05, 3.63) is 11.4 Å². The van der Waals surface area contributed by atoms with Gasteiger partial charge in [-0.3, -0.25) is 0 Å². The number of nitrogens with zero attached hydrogens (tertiary/aromatic N) is 4. The molecule has 120 valence electrons. The van der Waals surface area contributed by atoms with Crippen molar-refractivity contribution in [1.29, 1.82) is 0 Å². The van der Waals surface area contributed by atoms with Crippen LogP contribution in [0.4, 0.5) is 4.79 Å². The quantitative estimate of drug-likeness (QED) is 0.789. The highest BCUT2D eigenvalue weighted by atomic mass is 16.6. The summed E-state index contributed by atoms with van der Waals surface area (Å²) in [7, 11) is 0. The maximum atomic E-state index is 12.0. The average molecular weight is 309 g/mol. The van der Waals surface area contributed by atoms with Crippen LogP contribution in [0.25, 0.3) is 0 Å². The first-order valence-electron chi connectivity index (χ1n) is 7.15. The number of rotatable bonds is 2. The van der Waals surface area contributed by atoms with Gasteiger partial charge in [-0.15, -0.1) is 4.68 Å². The van der Waals surface area contributed by atoms with Crippen LogP contribution in [-0.4, -0.2) is 51.7 Å². The van der Waals surface area contributed by atoms with Gasteiger partial charge in [-0.1, -0.05) is 0 Å². The molecule has 1 saturated heterocycles. The second-order valence-electron chi connectivity index (χ2n) is 6.40. The van der Waals surface area contributed by atoms with E-state index >= 15 is 0 Å². The standard InChI is InChI=1S/C14H20N4O4/c1-9-11(12(19)20)15-16-18(9)8-10-5-6-17(7-10)13(21)22-14(2,3)4/h8,10H,5-7H2,1-4H3/p+1/b18-8+. The number of hydrogen-bond acceptors (Lipinski definition) is 5. The van der Waals surface area contributed by atoms with Crippen molar-refractivity contribution >= 4 is 18.3 Å². The van der Waals surface area contributed by atoms with Gasteiger partial charge in [-0.2, -0.15) is 0 Å². The summed E-state index contributed by atoms with van der Waals surface area (Å²) >= 11 is 0. The third-order valence-electron chi connectivity index (χ3n) is 3.36. The summed E-state index contributed by atoms with van der Waals surface area (Å²) in [6.07, 6.45) is 2.25. The van der Waals surface area contributed by atoms with Gasteiger partial charge >= 0.3 is 17.8 Å². The van der Waals surface area contributed by atoms with Crippen LogP contribution in [0.5, 0.6) is 0 Å². The fourth-order valence-electron chi connectivity index (χ4n) is 2.28. The number of allylic oxidation sites excluding steroid dienone is 1. The van der Waals surface area contributed by atoms with Gasteiger partial charge in [-0.05, 0) is 27.2 Å². The third-order valence-corrected chi connectivity index (χ3v) is 3.36. The van der Waals surface area contributed by atoms with E-state index in [1.165, 1.54) is 4.68 Å². The van der Waals surface area contributed by atoms with Crippen LogP contribution in [0.3, 0.4) is 0 Å². The smallest absolute Gasteiger partial charge is 0.410 e. The van der Waals surface area contributed by atoms with E-state index in [9.17, 15) is 9.59 Å². The number of amides is 1. The fourth-order valence-corrected chi connectivity index (χ4v) is 2.28. The summed E-state index contributed by atoms with van der Waals surface area (Å²) in [5.41, 5.74) is -0.0981.